The summed E-state index contributed by atoms with van der Waals surface area (Å²) in [7, 11) is 2.10. The fourth-order valence-corrected chi connectivity index (χ4v) is 6.31. The van der Waals surface area contributed by atoms with E-state index >= 15 is 0 Å². The summed E-state index contributed by atoms with van der Waals surface area (Å²) < 4.78 is 0.627. The van der Waals surface area contributed by atoms with E-state index in [-0.39, 0.29) is 23.7 Å². The van der Waals surface area contributed by atoms with Crippen molar-refractivity contribution in [3.63, 3.8) is 0 Å². The monoisotopic (exact) mass is 608 g/mol. The second-order valence-electron chi connectivity index (χ2n) is 11.1. The molecule has 2 aliphatic heterocycles. The van der Waals surface area contributed by atoms with Crippen LogP contribution in [-0.2, 0) is 11.3 Å². The molecule has 3 aliphatic rings. The minimum Gasteiger partial charge on any atom is -0.340 e. The van der Waals surface area contributed by atoms with Crippen LogP contribution < -0.4 is 10.4 Å². The van der Waals surface area contributed by atoms with Crippen molar-refractivity contribution in [2.75, 3.05) is 51.3 Å². The molecule has 40 heavy (non-hydrogen) atoms. The number of carbonyl (C=O) groups is 2. The molecular weight excluding hydrogens is 572 g/mol. The Bertz CT molecular complexity index is 1240. The molecule has 2 amide bonds. The molecule has 3 heterocycles. The Morgan fingerprint density at radius 3 is 2.52 bits per heavy atom. The van der Waals surface area contributed by atoms with E-state index in [9.17, 15) is 14.9 Å². The number of hydrogen-bond acceptors (Lipinski definition) is 8. The van der Waals surface area contributed by atoms with Gasteiger partial charge in [0.1, 0.15) is 6.07 Å². The van der Waals surface area contributed by atoms with Crippen LogP contribution in [-0.4, -0.2) is 88.8 Å². The Balaban J connectivity index is 1.20. The van der Waals surface area contributed by atoms with E-state index in [0.717, 1.165) is 89.9 Å². The number of hydrogen-bond donors (Lipinski definition) is 1. The number of carbonyl (C=O) groups excluding carboxylic acids is 2. The van der Waals surface area contributed by atoms with Gasteiger partial charge in [0.15, 0.2) is 5.82 Å². The summed E-state index contributed by atoms with van der Waals surface area (Å²) >= 11 is 3.50. The molecule has 212 valence electrons. The van der Waals surface area contributed by atoms with Crippen molar-refractivity contribution in [2.24, 2.45) is 5.92 Å². The molecule has 1 aromatic carbocycles. The number of piperazine rings is 1. The molecule has 0 unspecified atom stereocenters. The van der Waals surface area contributed by atoms with Crippen molar-refractivity contribution in [1.82, 2.24) is 30.1 Å². The molecule has 2 saturated heterocycles. The van der Waals surface area contributed by atoms with Crippen LogP contribution in [0, 0.1) is 17.2 Å². The van der Waals surface area contributed by atoms with Crippen molar-refractivity contribution in [2.45, 2.75) is 51.1 Å². The van der Waals surface area contributed by atoms with Gasteiger partial charge in [-0.2, -0.15) is 10.2 Å². The number of rotatable bonds is 7. The summed E-state index contributed by atoms with van der Waals surface area (Å²) in [6.07, 6.45) is 7.34. The van der Waals surface area contributed by atoms with Gasteiger partial charge in [0.2, 0.25) is 11.7 Å². The Hall–Kier alpha value is -3.07. The predicted octanol–water partition coefficient (Wildman–Crippen LogP) is 3.19. The average Bonchev–Trinajstić information content (AvgIpc) is 3.52. The molecule has 1 aliphatic carbocycles. The predicted molar refractivity (Wildman–Crippen MR) is 155 cm³/mol. The van der Waals surface area contributed by atoms with Gasteiger partial charge in [-0.05, 0) is 79.4 Å². The van der Waals surface area contributed by atoms with Gasteiger partial charge in [-0.25, -0.2) is 4.98 Å². The molecule has 11 heteroatoms. The second kappa shape index (κ2) is 13.1. The van der Waals surface area contributed by atoms with E-state index in [1.165, 1.54) is 0 Å². The maximum Gasteiger partial charge on any atom is 0.269 e. The number of aromatic nitrogens is 2. The number of benzene rings is 1. The first-order valence-corrected chi connectivity index (χ1v) is 15.0. The lowest BCUT2D eigenvalue weighted by Crippen LogP contribution is -2.50. The summed E-state index contributed by atoms with van der Waals surface area (Å²) in [5, 5.41) is 11.1. The van der Waals surface area contributed by atoms with Crippen LogP contribution in [0.5, 0.6) is 0 Å². The number of amides is 2. The summed E-state index contributed by atoms with van der Waals surface area (Å²) in [6.45, 7) is 6.05. The number of anilines is 1. The van der Waals surface area contributed by atoms with Gasteiger partial charge in [0.05, 0.1) is 10.5 Å². The fourth-order valence-electron chi connectivity index (χ4n) is 5.93. The van der Waals surface area contributed by atoms with Crippen LogP contribution in [0.4, 0.5) is 5.82 Å². The van der Waals surface area contributed by atoms with Crippen molar-refractivity contribution < 1.29 is 9.59 Å². The molecule has 0 spiro atoms. The van der Waals surface area contributed by atoms with Crippen molar-refractivity contribution in [3.05, 3.63) is 51.9 Å². The molecule has 1 aromatic heterocycles. The summed E-state index contributed by atoms with van der Waals surface area (Å²) in [4.78, 5) is 41.5. The largest absolute Gasteiger partial charge is 0.340 e. The molecule has 0 bridgehead atoms. The van der Waals surface area contributed by atoms with E-state index in [0.29, 0.717) is 21.8 Å². The zero-order valence-electron chi connectivity index (χ0n) is 23.1. The normalized spacial score (nSPS) is 19.4. The van der Waals surface area contributed by atoms with Crippen molar-refractivity contribution in [3.8, 4) is 6.07 Å². The zero-order chi connectivity index (χ0) is 28.1. The first kappa shape index (κ1) is 28.5. The molecule has 2 aromatic rings. The summed E-state index contributed by atoms with van der Waals surface area (Å²) in [5.74, 6) is 0.772. The molecule has 5 rings (SSSR count). The Morgan fingerprint density at radius 1 is 1.10 bits per heavy atom. The first-order chi connectivity index (χ1) is 19.4. The quantitative estimate of drug-likeness (QED) is 0.477. The number of hydrazine groups is 1. The Kier molecular flexibility index (Phi) is 9.29. The topological polar surface area (TPSA) is 109 Å². The third kappa shape index (κ3) is 6.79. The van der Waals surface area contributed by atoms with Gasteiger partial charge in [-0.3, -0.25) is 24.9 Å². The van der Waals surface area contributed by atoms with E-state index in [4.69, 9.17) is 0 Å². The maximum atomic E-state index is 13.4. The van der Waals surface area contributed by atoms with Gasteiger partial charge in [-0.1, -0.05) is 25.0 Å². The first-order valence-electron chi connectivity index (χ1n) is 14.2. The Labute approximate surface area is 244 Å². The third-order valence-corrected chi connectivity index (χ3v) is 8.87. The van der Waals surface area contributed by atoms with Crippen LogP contribution in [0.2, 0.25) is 0 Å². The highest BCUT2D eigenvalue weighted by molar-refractivity contribution is 9.10. The van der Waals surface area contributed by atoms with E-state index in [1.807, 2.05) is 35.2 Å². The van der Waals surface area contributed by atoms with Crippen LogP contribution in [0.25, 0.3) is 0 Å². The number of likely N-dealkylation sites (tertiary alicyclic amines) is 1. The van der Waals surface area contributed by atoms with Crippen LogP contribution in [0.1, 0.15) is 60.3 Å². The summed E-state index contributed by atoms with van der Waals surface area (Å²) in [5.41, 5.74) is 4.72. The van der Waals surface area contributed by atoms with Crippen LogP contribution in [0.15, 0.2) is 34.9 Å². The number of nitrogens with zero attached hydrogens (tertiary/aromatic N) is 7. The van der Waals surface area contributed by atoms with E-state index in [2.05, 4.69) is 48.2 Å². The highest BCUT2D eigenvalue weighted by Crippen LogP contribution is 2.30. The molecule has 3 fully saturated rings. The number of halogens is 1. The van der Waals surface area contributed by atoms with E-state index < -0.39 is 0 Å². The third-order valence-electron chi connectivity index (χ3n) is 8.31. The number of nitrogens with one attached hydrogen (secondary N) is 1. The van der Waals surface area contributed by atoms with Crippen LogP contribution in [0.3, 0.4) is 0 Å². The van der Waals surface area contributed by atoms with Crippen molar-refractivity contribution in [1.29, 1.82) is 5.26 Å². The lowest BCUT2D eigenvalue weighted by atomic mass is 9.94. The molecule has 0 atom stereocenters. The zero-order valence-corrected chi connectivity index (χ0v) is 24.6. The van der Waals surface area contributed by atoms with Gasteiger partial charge < -0.3 is 9.80 Å². The smallest absolute Gasteiger partial charge is 0.269 e. The van der Waals surface area contributed by atoms with Gasteiger partial charge in [0.25, 0.3) is 5.91 Å². The SMILES string of the molecule is CN1CCN(C(=O)C2CCN(Cc3cccc(C(=O)NN(c4nc(C#N)ncc4Br)C4CCCC4)c3)CC2)CC1. The Morgan fingerprint density at radius 2 is 1.82 bits per heavy atom. The van der Waals surface area contributed by atoms with Gasteiger partial charge in [-0.15, -0.1) is 0 Å². The van der Waals surface area contributed by atoms with Crippen molar-refractivity contribution >= 4 is 33.6 Å². The lowest BCUT2D eigenvalue weighted by Gasteiger charge is -2.37. The lowest BCUT2D eigenvalue weighted by molar-refractivity contribution is -0.138. The average molecular weight is 610 g/mol. The second-order valence-corrected chi connectivity index (χ2v) is 12.0. The van der Waals surface area contributed by atoms with Crippen LogP contribution >= 0.6 is 15.9 Å². The molecule has 10 nitrogen and oxygen atoms in total. The molecule has 1 N–H and O–H groups in total. The molecule has 0 radical (unpaired) electrons. The number of nitriles is 1. The minimum atomic E-state index is -0.214. The standard InChI is InChI=1S/C29H37BrN8O2/c1-35-13-15-37(16-14-35)29(40)22-9-11-36(12-10-22)20-21-5-4-6-23(17-21)28(39)34-38(24-7-2-3-8-24)27-25(30)19-32-26(18-31)33-27/h4-6,17,19,22,24H,2-3,7-16,20H2,1H3,(H,34,39). The minimum absolute atomic E-state index is 0.0615. The highest BCUT2D eigenvalue weighted by atomic mass is 79.9. The van der Waals surface area contributed by atoms with E-state index in [1.54, 1.807) is 11.2 Å². The molecular formula is C29H37BrN8O2. The van der Waals surface area contributed by atoms with Gasteiger partial charge in [0, 0.05) is 50.4 Å². The van der Waals surface area contributed by atoms with Gasteiger partial charge >= 0.3 is 0 Å². The molecule has 1 saturated carbocycles. The summed E-state index contributed by atoms with van der Waals surface area (Å²) in [6, 6.07) is 9.82. The highest BCUT2D eigenvalue weighted by Gasteiger charge is 2.31. The fraction of sp³-hybridized carbons (Fsp3) is 0.552. The number of piperidine rings is 1. The maximum absolute atomic E-state index is 13.4. The number of likely N-dealkylation sites (N-methyl/N-ethyl adjacent to an activating group) is 1.